The highest BCUT2D eigenvalue weighted by Gasteiger charge is 2.75. The summed E-state index contributed by atoms with van der Waals surface area (Å²) in [5.41, 5.74) is 0.415. The zero-order valence-electron chi connectivity index (χ0n) is 17.2. The molecule has 2 aliphatic heterocycles. The van der Waals surface area contributed by atoms with Gasteiger partial charge in [-0.15, -0.1) is 0 Å². The van der Waals surface area contributed by atoms with Crippen LogP contribution in [0.1, 0.15) is 39.2 Å². The first-order chi connectivity index (χ1) is 13.7. The number of hydrogen-bond donors (Lipinski definition) is 1. The summed E-state index contributed by atoms with van der Waals surface area (Å²) < 4.78 is 0. The van der Waals surface area contributed by atoms with Crippen molar-refractivity contribution < 1.29 is 14.4 Å². The number of ketones is 1. The van der Waals surface area contributed by atoms with Crippen LogP contribution in [0.2, 0.25) is 0 Å². The normalized spacial score (nSPS) is 37.0. The minimum absolute atomic E-state index is 0.0563. The van der Waals surface area contributed by atoms with E-state index in [1.54, 1.807) is 11.0 Å². The molecule has 1 spiro atoms. The van der Waals surface area contributed by atoms with E-state index in [9.17, 15) is 14.4 Å². The van der Waals surface area contributed by atoms with Crippen LogP contribution in [0.25, 0.3) is 0 Å². The number of amides is 2. The van der Waals surface area contributed by atoms with Gasteiger partial charge in [0.15, 0.2) is 5.78 Å². The molecule has 2 fully saturated rings. The van der Waals surface area contributed by atoms with Crippen LogP contribution in [0.4, 0.5) is 0 Å². The third-order valence-corrected chi connectivity index (χ3v) is 7.06. The maximum atomic E-state index is 13.8. The number of rotatable bonds is 2. The van der Waals surface area contributed by atoms with Gasteiger partial charge in [0.2, 0.25) is 11.8 Å². The Bertz CT molecular complexity index is 987. The molecule has 1 N–H and O–H groups in total. The van der Waals surface area contributed by atoms with Crippen molar-refractivity contribution in [3.8, 4) is 0 Å². The van der Waals surface area contributed by atoms with Crippen molar-refractivity contribution in [2.24, 2.45) is 17.8 Å². The number of allylic oxidation sites excluding steroid dienone is 1. The fourth-order valence-electron chi connectivity index (χ4n) is 6.26. The van der Waals surface area contributed by atoms with Gasteiger partial charge in [0.1, 0.15) is 11.6 Å². The SMILES string of the molecule is CC1=CC(=O)N2[C@H](C(=O)NC(C)(C)C)[C@@H]3[C@@H](c4ccccc4)[C@H]4C=C[C@@H]3[C@@]12C4=O. The summed E-state index contributed by atoms with van der Waals surface area (Å²) in [6.45, 7) is 7.66. The Kier molecular flexibility index (Phi) is 3.59. The summed E-state index contributed by atoms with van der Waals surface area (Å²) >= 11 is 0. The van der Waals surface area contributed by atoms with Crippen LogP contribution >= 0.6 is 0 Å². The van der Waals surface area contributed by atoms with Crippen LogP contribution in [0, 0.1) is 17.8 Å². The number of benzene rings is 1. The molecule has 5 nitrogen and oxygen atoms in total. The molecule has 5 heteroatoms. The predicted molar refractivity (Wildman–Crippen MR) is 109 cm³/mol. The van der Waals surface area contributed by atoms with Crippen LogP contribution in [-0.4, -0.2) is 39.6 Å². The molecule has 150 valence electrons. The van der Waals surface area contributed by atoms with Crippen molar-refractivity contribution in [2.45, 2.75) is 50.7 Å². The van der Waals surface area contributed by atoms with E-state index in [0.29, 0.717) is 0 Å². The number of nitrogens with zero attached hydrogens (tertiary/aromatic N) is 1. The first-order valence-corrected chi connectivity index (χ1v) is 10.3. The van der Waals surface area contributed by atoms with E-state index < -0.39 is 17.1 Å². The Balaban J connectivity index is 1.71. The molecule has 1 aromatic carbocycles. The molecule has 6 rings (SSSR count). The predicted octanol–water partition coefficient (Wildman–Crippen LogP) is 2.60. The fraction of sp³-hybridized carbons (Fsp3) is 0.458. The molecule has 5 aliphatic rings. The highest BCUT2D eigenvalue weighted by atomic mass is 16.2. The largest absolute Gasteiger partial charge is 0.350 e. The maximum Gasteiger partial charge on any atom is 0.248 e. The minimum atomic E-state index is -0.994. The van der Waals surface area contributed by atoms with Gasteiger partial charge in [-0.2, -0.15) is 0 Å². The average Bonchev–Trinajstić information content (AvgIpc) is 3.07. The van der Waals surface area contributed by atoms with E-state index in [1.165, 1.54) is 0 Å². The third kappa shape index (κ3) is 2.19. The number of nitrogens with one attached hydrogen (secondary N) is 1. The molecule has 0 unspecified atom stereocenters. The van der Waals surface area contributed by atoms with Crippen LogP contribution in [0.3, 0.4) is 0 Å². The average molecular weight is 390 g/mol. The molecular formula is C24H26N2O3. The minimum Gasteiger partial charge on any atom is -0.350 e. The lowest BCUT2D eigenvalue weighted by molar-refractivity contribution is -0.144. The molecule has 2 amide bonds. The van der Waals surface area contributed by atoms with Gasteiger partial charge in [0, 0.05) is 35.3 Å². The third-order valence-electron chi connectivity index (χ3n) is 7.06. The lowest BCUT2D eigenvalue weighted by atomic mass is 9.53. The van der Waals surface area contributed by atoms with Gasteiger partial charge in [-0.1, -0.05) is 42.5 Å². The summed E-state index contributed by atoms with van der Waals surface area (Å²) in [6.07, 6.45) is 5.64. The number of hydrogen-bond acceptors (Lipinski definition) is 3. The van der Waals surface area contributed by atoms with Gasteiger partial charge in [-0.25, -0.2) is 0 Å². The highest BCUT2D eigenvalue weighted by molar-refractivity contribution is 6.11. The number of carbonyl (C=O) groups is 3. The Morgan fingerprint density at radius 3 is 2.45 bits per heavy atom. The molecular weight excluding hydrogens is 364 g/mol. The Morgan fingerprint density at radius 2 is 1.79 bits per heavy atom. The summed E-state index contributed by atoms with van der Waals surface area (Å²) in [5, 5.41) is 3.07. The van der Waals surface area contributed by atoms with E-state index in [1.807, 2.05) is 64.1 Å². The quantitative estimate of drug-likeness (QED) is 0.790. The molecule has 4 bridgehead atoms. The molecule has 1 saturated heterocycles. The van der Waals surface area contributed by atoms with E-state index in [-0.39, 0.29) is 41.3 Å². The van der Waals surface area contributed by atoms with E-state index in [4.69, 9.17) is 0 Å². The Labute approximate surface area is 170 Å². The van der Waals surface area contributed by atoms with Crippen molar-refractivity contribution in [3.63, 3.8) is 0 Å². The summed E-state index contributed by atoms with van der Waals surface area (Å²) in [7, 11) is 0. The highest BCUT2D eigenvalue weighted by Crippen LogP contribution is 2.64. The monoisotopic (exact) mass is 390 g/mol. The standard InChI is InChI=1S/C24H26N2O3/c1-13-12-17(27)26-20(22(29)25-23(2,3)4)19-16-11-10-15(21(28)24(13,16)26)18(19)14-8-6-5-7-9-14/h5-12,15-16,18-20H,1-4H3,(H,25,29)/t15-,16+,18+,19+,20+,24-/m1/s1. The number of Topliss-reactive ketones (excluding diaryl/α,β-unsaturated/α-hetero) is 1. The molecule has 0 radical (unpaired) electrons. The van der Waals surface area contributed by atoms with Gasteiger partial charge in [0.05, 0.1) is 0 Å². The molecule has 0 aromatic heterocycles. The fourth-order valence-corrected chi connectivity index (χ4v) is 6.26. The summed E-state index contributed by atoms with van der Waals surface area (Å²) in [5.74, 6) is -1.07. The van der Waals surface area contributed by atoms with Crippen molar-refractivity contribution in [1.82, 2.24) is 10.2 Å². The van der Waals surface area contributed by atoms with Crippen LogP contribution in [-0.2, 0) is 14.4 Å². The molecule has 3 aliphatic carbocycles. The van der Waals surface area contributed by atoms with Gasteiger partial charge in [0.25, 0.3) is 0 Å². The lowest BCUT2D eigenvalue weighted by Gasteiger charge is -2.48. The van der Waals surface area contributed by atoms with Gasteiger partial charge in [-0.05, 0) is 38.8 Å². The molecule has 6 atom stereocenters. The Hall–Kier alpha value is -2.69. The summed E-state index contributed by atoms with van der Waals surface area (Å²) in [6, 6.07) is 9.30. The molecule has 1 aromatic rings. The second kappa shape index (κ2) is 5.68. The molecule has 1 saturated carbocycles. The van der Waals surface area contributed by atoms with Gasteiger partial charge >= 0.3 is 0 Å². The number of carbonyl (C=O) groups excluding carboxylic acids is 3. The zero-order valence-corrected chi connectivity index (χ0v) is 17.2. The zero-order chi connectivity index (χ0) is 20.7. The van der Waals surface area contributed by atoms with E-state index >= 15 is 0 Å². The first kappa shape index (κ1) is 18.3. The van der Waals surface area contributed by atoms with Crippen LogP contribution in [0.15, 0.2) is 54.1 Å². The van der Waals surface area contributed by atoms with Gasteiger partial charge in [-0.3, -0.25) is 14.4 Å². The first-order valence-electron chi connectivity index (χ1n) is 10.3. The summed E-state index contributed by atoms with van der Waals surface area (Å²) in [4.78, 5) is 42.0. The van der Waals surface area contributed by atoms with Crippen LogP contribution in [0.5, 0.6) is 0 Å². The van der Waals surface area contributed by atoms with Crippen molar-refractivity contribution >= 4 is 17.6 Å². The van der Waals surface area contributed by atoms with Crippen molar-refractivity contribution in [1.29, 1.82) is 0 Å². The van der Waals surface area contributed by atoms with E-state index in [2.05, 4.69) is 11.4 Å². The second-order valence-corrected chi connectivity index (χ2v) is 9.80. The topological polar surface area (TPSA) is 66.5 Å². The molecule has 29 heavy (non-hydrogen) atoms. The van der Waals surface area contributed by atoms with Crippen LogP contribution < -0.4 is 5.32 Å². The molecule has 2 heterocycles. The van der Waals surface area contributed by atoms with E-state index in [0.717, 1.165) is 11.1 Å². The van der Waals surface area contributed by atoms with Crippen molar-refractivity contribution in [3.05, 3.63) is 59.7 Å². The Morgan fingerprint density at radius 1 is 1.10 bits per heavy atom. The van der Waals surface area contributed by atoms with Gasteiger partial charge < -0.3 is 10.2 Å². The maximum absolute atomic E-state index is 13.8. The lowest BCUT2D eigenvalue weighted by Crippen LogP contribution is -2.61. The van der Waals surface area contributed by atoms with Crippen molar-refractivity contribution in [2.75, 3.05) is 0 Å². The second-order valence-electron chi connectivity index (χ2n) is 9.80. The smallest absolute Gasteiger partial charge is 0.248 e.